The van der Waals surface area contributed by atoms with Crippen molar-refractivity contribution in [2.24, 2.45) is 0 Å². The lowest BCUT2D eigenvalue weighted by atomic mass is 10.1. The molecule has 1 N–H and O–H groups in total. The third kappa shape index (κ3) is 4.71. The number of aromatic nitrogens is 2. The summed E-state index contributed by atoms with van der Waals surface area (Å²) in [5.74, 6) is -1.24. The van der Waals surface area contributed by atoms with Crippen LogP contribution >= 0.6 is 11.8 Å². The summed E-state index contributed by atoms with van der Waals surface area (Å²) in [6.45, 7) is 3.54. The van der Waals surface area contributed by atoms with Gasteiger partial charge in [0.1, 0.15) is 5.82 Å². The Morgan fingerprint density at radius 3 is 2.48 bits per heavy atom. The quantitative estimate of drug-likeness (QED) is 0.653. The summed E-state index contributed by atoms with van der Waals surface area (Å²) in [4.78, 5) is 36.3. The van der Waals surface area contributed by atoms with Crippen LogP contribution in [0, 0.1) is 11.6 Å². The lowest BCUT2D eigenvalue weighted by Gasteiger charge is -2.35. The van der Waals surface area contributed by atoms with Crippen LogP contribution in [0.4, 0.5) is 8.78 Å². The fraction of sp³-hybridized carbons (Fsp3) is 0.318. The van der Waals surface area contributed by atoms with Gasteiger partial charge in [-0.25, -0.2) is 13.8 Å². The summed E-state index contributed by atoms with van der Waals surface area (Å²) in [6.07, 6.45) is 0. The number of amides is 2. The molecule has 0 saturated carbocycles. The second kappa shape index (κ2) is 9.05. The molecule has 31 heavy (non-hydrogen) atoms. The van der Waals surface area contributed by atoms with E-state index in [2.05, 4.69) is 9.97 Å². The Morgan fingerprint density at radius 1 is 1.06 bits per heavy atom. The second-order valence-electron chi connectivity index (χ2n) is 7.39. The molecule has 0 radical (unpaired) electrons. The highest BCUT2D eigenvalue weighted by Gasteiger charge is 2.26. The second-order valence-corrected chi connectivity index (χ2v) is 8.72. The molecule has 2 amide bonds. The summed E-state index contributed by atoms with van der Waals surface area (Å²) in [5.41, 5.74) is 1.98. The minimum Gasteiger partial charge on any atom is -0.341 e. The van der Waals surface area contributed by atoms with E-state index in [-0.39, 0.29) is 22.6 Å². The van der Waals surface area contributed by atoms with E-state index < -0.39 is 11.6 Å². The van der Waals surface area contributed by atoms with Crippen molar-refractivity contribution in [1.29, 1.82) is 0 Å². The number of halogens is 2. The Kier molecular flexibility index (Phi) is 6.22. The van der Waals surface area contributed by atoms with Crippen molar-refractivity contribution >= 4 is 34.6 Å². The van der Waals surface area contributed by atoms with Crippen LogP contribution in [0.25, 0.3) is 11.0 Å². The first-order chi connectivity index (χ1) is 14.9. The molecule has 0 spiro atoms. The van der Waals surface area contributed by atoms with Crippen molar-refractivity contribution in [1.82, 2.24) is 19.8 Å². The fourth-order valence-corrected chi connectivity index (χ4v) is 4.35. The summed E-state index contributed by atoms with van der Waals surface area (Å²) >= 11 is 1.51. The maximum atomic E-state index is 13.4. The molecule has 6 nitrogen and oxygen atoms in total. The third-order valence-electron chi connectivity index (χ3n) is 5.34. The van der Waals surface area contributed by atoms with Gasteiger partial charge in [-0.2, -0.15) is 0 Å². The molecule has 162 valence electrons. The molecule has 1 unspecified atom stereocenters. The maximum Gasteiger partial charge on any atom is 0.254 e. The number of nitrogens with zero attached hydrogens (tertiary/aromatic N) is 3. The van der Waals surface area contributed by atoms with Gasteiger partial charge in [-0.1, -0.05) is 12.1 Å². The van der Waals surface area contributed by atoms with Crippen LogP contribution in [0.2, 0.25) is 0 Å². The van der Waals surface area contributed by atoms with E-state index in [1.54, 1.807) is 9.80 Å². The first kappa shape index (κ1) is 21.3. The van der Waals surface area contributed by atoms with Crippen molar-refractivity contribution in [3.05, 3.63) is 65.5 Å². The predicted octanol–water partition coefficient (Wildman–Crippen LogP) is 3.62. The van der Waals surface area contributed by atoms with Gasteiger partial charge in [0.15, 0.2) is 11.6 Å². The molecule has 1 aliphatic rings. The van der Waals surface area contributed by atoms with Gasteiger partial charge in [0.2, 0.25) is 5.91 Å². The van der Waals surface area contributed by atoms with E-state index in [4.69, 9.17) is 0 Å². The normalized spacial score (nSPS) is 15.3. The monoisotopic (exact) mass is 444 g/mol. The van der Waals surface area contributed by atoms with Crippen molar-refractivity contribution in [2.75, 3.05) is 31.9 Å². The number of imidazole rings is 1. The van der Waals surface area contributed by atoms with Crippen LogP contribution in [-0.4, -0.2) is 63.5 Å². The van der Waals surface area contributed by atoms with Gasteiger partial charge in [0, 0.05) is 31.7 Å². The van der Waals surface area contributed by atoms with Gasteiger partial charge < -0.3 is 14.8 Å². The van der Waals surface area contributed by atoms with Crippen LogP contribution in [0.15, 0.2) is 42.5 Å². The number of fused-ring (bicyclic) bond motifs is 1. The summed E-state index contributed by atoms with van der Waals surface area (Å²) in [5, 5.41) is 0.0348. The van der Waals surface area contributed by atoms with Gasteiger partial charge in [0.05, 0.1) is 22.0 Å². The summed E-state index contributed by atoms with van der Waals surface area (Å²) < 4.78 is 26.5. The van der Waals surface area contributed by atoms with Crippen molar-refractivity contribution < 1.29 is 18.4 Å². The number of hydrogen-bond donors (Lipinski definition) is 1. The van der Waals surface area contributed by atoms with Gasteiger partial charge in [-0.15, -0.1) is 11.8 Å². The lowest BCUT2D eigenvalue weighted by Crippen LogP contribution is -2.51. The largest absolute Gasteiger partial charge is 0.341 e. The first-order valence-electron chi connectivity index (χ1n) is 10.0. The number of benzene rings is 2. The Labute approximate surface area is 182 Å². The number of hydrogen-bond acceptors (Lipinski definition) is 4. The number of para-hydroxylation sites is 2. The number of H-pyrrole nitrogens is 1. The number of nitrogens with one attached hydrogen (secondary N) is 1. The van der Waals surface area contributed by atoms with Gasteiger partial charge in [-0.3, -0.25) is 9.59 Å². The highest BCUT2D eigenvalue weighted by molar-refractivity contribution is 8.00. The van der Waals surface area contributed by atoms with Crippen LogP contribution in [0.3, 0.4) is 0 Å². The Morgan fingerprint density at radius 2 is 1.77 bits per heavy atom. The molecule has 2 heterocycles. The van der Waals surface area contributed by atoms with Crippen molar-refractivity contribution in [3.8, 4) is 0 Å². The summed E-state index contributed by atoms with van der Waals surface area (Å²) in [6, 6.07) is 10.9. The smallest absolute Gasteiger partial charge is 0.254 e. The Bertz CT molecular complexity index is 1080. The number of thioether (sulfide) groups is 1. The van der Waals surface area contributed by atoms with E-state index in [0.29, 0.717) is 31.9 Å². The predicted molar refractivity (Wildman–Crippen MR) is 116 cm³/mol. The highest BCUT2D eigenvalue weighted by Crippen LogP contribution is 2.28. The number of carbonyl (C=O) groups excluding carboxylic acids is 2. The lowest BCUT2D eigenvalue weighted by molar-refractivity contribution is -0.129. The zero-order valence-electron chi connectivity index (χ0n) is 17.0. The Hall–Kier alpha value is -2.94. The van der Waals surface area contributed by atoms with E-state index >= 15 is 0 Å². The maximum absolute atomic E-state index is 13.4. The molecule has 1 saturated heterocycles. The van der Waals surface area contributed by atoms with Gasteiger partial charge in [0.25, 0.3) is 5.91 Å². The number of carbonyl (C=O) groups is 2. The average molecular weight is 445 g/mol. The van der Waals surface area contributed by atoms with Gasteiger partial charge in [-0.05, 0) is 37.3 Å². The molecular formula is C22H22F2N4O2S. The van der Waals surface area contributed by atoms with E-state index in [9.17, 15) is 18.4 Å². The molecule has 9 heteroatoms. The average Bonchev–Trinajstić information content (AvgIpc) is 3.23. The van der Waals surface area contributed by atoms with E-state index in [1.807, 2.05) is 31.2 Å². The summed E-state index contributed by atoms with van der Waals surface area (Å²) in [7, 11) is 0. The molecular weight excluding hydrogens is 422 g/mol. The Balaban J connectivity index is 1.27. The first-order valence-corrected chi connectivity index (χ1v) is 11.1. The molecule has 1 fully saturated rings. The molecule has 4 rings (SSSR count). The molecule has 1 aliphatic heterocycles. The molecule has 2 aromatic carbocycles. The van der Waals surface area contributed by atoms with Crippen molar-refractivity contribution in [2.45, 2.75) is 12.2 Å². The molecule has 0 aliphatic carbocycles. The molecule has 1 aromatic heterocycles. The zero-order chi connectivity index (χ0) is 22.0. The number of piperazine rings is 1. The molecule has 0 bridgehead atoms. The zero-order valence-corrected chi connectivity index (χ0v) is 17.8. The van der Waals surface area contributed by atoms with E-state index in [0.717, 1.165) is 29.0 Å². The molecule has 3 aromatic rings. The van der Waals surface area contributed by atoms with Crippen LogP contribution in [0.5, 0.6) is 0 Å². The minimum absolute atomic E-state index is 0.00730. The third-order valence-corrected chi connectivity index (χ3v) is 6.47. The van der Waals surface area contributed by atoms with Crippen LogP contribution < -0.4 is 0 Å². The topological polar surface area (TPSA) is 69.3 Å². The standard InChI is InChI=1S/C22H22F2N4O2S/c1-14(21-25-18-4-2-3-5-19(18)26-21)31-13-20(29)27-8-10-28(11-9-27)22(30)15-6-7-16(23)17(24)12-15/h2-7,12,14H,8-11,13H2,1H3,(H,25,26). The van der Waals surface area contributed by atoms with Crippen molar-refractivity contribution in [3.63, 3.8) is 0 Å². The van der Waals surface area contributed by atoms with E-state index in [1.165, 1.54) is 17.8 Å². The van der Waals surface area contributed by atoms with Gasteiger partial charge >= 0.3 is 0 Å². The minimum atomic E-state index is -1.05. The van der Waals surface area contributed by atoms with Crippen LogP contribution in [-0.2, 0) is 4.79 Å². The fourth-order valence-electron chi connectivity index (χ4n) is 3.50. The number of aromatic amines is 1. The number of rotatable bonds is 5. The molecule has 1 atom stereocenters. The van der Waals surface area contributed by atoms with Crippen LogP contribution in [0.1, 0.15) is 28.4 Å². The SMILES string of the molecule is CC(SCC(=O)N1CCN(C(=O)c2ccc(F)c(F)c2)CC1)c1nc2ccccc2[nH]1. The highest BCUT2D eigenvalue weighted by atomic mass is 32.2.